The monoisotopic (exact) mass is 345 g/mol. The van der Waals surface area contributed by atoms with Gasteiger partial charge in [-0.05, 0) is 53.6 Å². The molecule has 0 aliphatic carbocycles. The summed E-state index contributed by atoms with van der Waals surface area (Å²) in [6.07, 6.45) is 2.38. The molecule has 0 aromatic heterocycles. The number of amides is 1. The van der Waals surface area contributed by atoms with Crippen molar-refractivity contribution in [3.8, 4) is 0 Å². The Hall–Kier alpha value is -0.620. The maximum Gasteiger partial charge on any atom is 0.253 e. The first-order valence-electron chi connectivity index (χ1n) is 5.79. The van der Waals surface area contributed by atoms with Gasteiger partial charge in [-0.2, -0.15) is 0 Å². The molecule has 0 spiro atoms. The number of carbonyl (C=O) groups is 1. The van der Waals surface area contributed by atoms with E-state index in [1.807, 2.05) is 31.3 Å². The third kappa shape index (κ3) is 3.42. The molecule has 1 aliphatic heterocycles. The Balaban J connectivity index is 1.98. The third-order valence-electron chi connectivity index (χ3n) is 2.92. The maximum atomic E-state index is 12.2. The van der Waals surface area contributed by atoms with Gasteiger partial charge in [0.2, 0.25) is 0 Å². The Kier molecular flexibility index (Phi) is 4.39. The molecule has 1 aromatic carbocycles. The minimum Gasteiger partial charge on any atom is -0.376 e. The first kappa shape index (κ1) is 12.8. The van der Waals surface area contributed by atoms with Crippen molar-refractivity contribution in [2.24, 2.45) is 0 Å². The summed E-state index contributed by atoms with van der Waals surface area (Å²) in [4.78, 5) is 13.9. The van der Waals surface area contributed by atoms with Gasteiger partial charge in [0.15, 0.2) is 0 Å². The summed E-state index contributed by atoms with van der Waals surface area (Å²) in [6.45, 7) is 1.51. The second-order valence-electron chi connectivity index (χ2n) is 4.33. The fraction of sp³-hybridized carbons (Fsp3) is 0.462. The first-order chi connectivity index (χ1) is 8.16. The molecule has 2 rings (SSSR count). The number of hydrogen-bond donors (Lipinski definition) is 0. The van der Waals surface area contributed by atoms with Crippen LogP contribution in [0.3, 0.4) is 0 Å². The highest BCUT2D eigenvalue weighted by molar-refractivity contribution is 14.1. The zero-order valence-corrected chi connectivity index (χ0v) is 12.0. The second-order valence-corrected chi connectivity index (χ2v) is 5.58. The maximum absolute atomic E-state index is 12.2. The third-order valence-corrected chi connectivity index (χ3v) is 3.59. The van der Waals surface area contributed by atoms with Gasteiger partial charge in [-0.3, -0.25) is 4.79 Å². The molecular weight excluding hydrogens is 329 g/mol. The van der Waals surface area contributed by atoms with Gasteiger partial charge in [0, 0.05) is 29.3 Å². The van der Waals surface area contributed by atoms with Crippen LogP contribution in [0.4, 0.5) is 0 Å². The molecule has 1 amide bonds. The van der Waals surface area contributed by atoms with E-state index in [1.54, 1.807) is 4.90 Å². The fourth-order valence-corrected chi connectivity index (χ4v) is 2.56. The quantitative estimate of drug-likeness (QED) is 0.788. The van der Waals surface area contributed by atoms with E-state index < -0.39 is 0 Å². The molecule has 1 atom stereocenters. The molecule has 1 aromatic rings. The lowest BCUT2D eigenvalue weighted by Crippen LogP contribution is -2.34. The van der Waals surface area contributed by atoms with Crippen molar-refractivity contribution >= 4 is 28.5 Å². The van der Waals surface area contributed by atoms with Crippen molar-refractivity contribution < 1.29 is 9.53 Å². The van der Waals surface area contributed by atoms with E-state index in [9.17, 15) is 4.79 Å². The lowest BCUT2D eigenvalue weighted by atomic mass is 10.2. The molecule has 1 heterocycles. The Labute approximate surface area is 115 Å². The molecule has 4 heteroatoms. The van der Waals surface area contributed by atoms with Crippen LogP contribution in [-0.2, 0) is 4.74 Å². The molecule has 17 heavy (non-hydrogen) atoms. The van der Waals surface area contributed by atoms with E-state index in [1.165, 1.54) is 0 Å². The predicted molar refractivity (Wildman–Crippen MR) is 75.1 cm³/mol. The van der Waals surface area contributed by atoms with Crippen LogP contribution in [0.2, 0.25) is 0 Å². The number of carbonyl (C=O) groups excluding carboxylic acids is 1. The summed E-state index contributed by atoms with van der Waals surface area (Å²) >= 11 is 2.22. The Morgan fingerprint density at radius 2 is 2.41 bits per heavy atom. The van der Waals surface area contributed by atoms with Crippen LogP contribution in [0.25, 0.3) is 0 Å². The van der Waals surface area contributed by atoms with E-state index >= 15 is 0 Å². The molecule has 0 radical (unpaired) electrons. The van der Waals surface area contributed by atoms with Crippen molar-refractivity contribution in [1.29, 1.82) is 0 Å². The number of nitrogens with zero attached hydrogens (tertiary/aromatic N) is 1. The van der Waals surface area contributed by atoms with Crippen LogP contribution in [-0.4, -0.2) is 37.1 Å². The molecule has 92 valence electrons. The second kappa shape index (κ2) is 5.82. The highest BCUT2D eigenvalue weighted by Crippen LogP contribution is 2.15. The SMILES string of the molecule is CN(CC1CCCO1)C(=O)c1cccc(I)c1. The average Bonchev–Trinajstić information content (AvgIpc) is 2.80. The average molecular weight is 345 g/mol. The van der Waals surface area contributed by atoms with Crippen LogP contribution in [0.1, 0.15) is 23.2 Å². The molecule has 1 fully saturated rings. The number of ether oxygens (including phenoxy) is 1. The minimum atomic E-state index is 0.0685. The zero-order chi connectivity index (χ0) is 12.3. The molecule has 1 saturated heterocycles. The first-order valence-corrected chi connectivity index (χ1v) is 6.87. The van der Waals surface area contributed by atoms with Gasteiger partial charge < -0.3 is 9.64 Å². The van der Waals surface area contributed by atoms with Crippen molar-refractivity contribution in [2.75, 3.05) is 20.2 Å². The molecule has 1 aliphatic rings. The van der Waals surface area contributed by atoms with Gasteiger partial charge in [0.05, 0.1) is 6.10 Å². The van der Waals surface area contributed by atoms with E-state index in [4.69, 9.17) is 4.74 Å². The summed E-state index contributed by atoms with van der Waals surface area (Å²) in [5.41, 5.74) is 0.748. The number of rotatable bonds is 3. The van der Waals surface area contributed by atoms with Gasteiger partial charge in [-0.15, -0.1) is 0 Å². The van der Waals surface area contributed by atoms with Crippen LogP contribution in [0.5, 0.6) is 0 Å². The predicted octanol–water partition coefficient (Wildman–Crippen LogP) is 2.54. The van der Waals surface area contributed by atoms with E-state index in [2.05, 4.69) is 22.6 Å². The van der Waals surface area contributed by atoms with Gasteiger partial charge in [-0.25, -0.2) is 0 Å². The highest BCUT2D eigenvalue weighted by Gasteiger charge is 2.20. The highest BCUT2D eigenvalue weighted by atomic mass is 127. The van der Waals surface area contributed by atoms with Gasteiger partial charge in [-0.1, -0.05) is 6.07 Å². The summed E-state index contributed by atoms with van der Waals surface area (Å²) in [5, 5.41) is 0. The van der Waals surface area contributed by atoms with Gasteiger partial charge in [0.25, 0.3) is 5.91 Å². The summed E-state index contributed by atoms with van der Waals surface area (Å²) in [7, 11) is 1.84. The van der Waals surface area contributed by atoms with Crippen molar-refractivity contribution in [3.63, 3.8) is 0 Å². The lowest BCUT2D eigenvalue weighted by molar-refractivity contribution is 0.0587. The minimum absolute atomic E-state index is 0.0685. The smallest absolute Gasteiger partial charge is 0.253 e. The van der Waals surface area contributed by atoms with Crippen LogP contribution in [0, 0.1) is 3.57 Å². The lowest BCUT2D eigenvalue weighted by Gasteiger charge is -2.20. The van der Waals surface area contributed by atoms with E-state index in [0.29, 0.717) is 6.54 Å². The largest absolute Gasteiger partial charge is 0.376 e. The van der Waals surface area contributed by atoms with Crippen LogP contribution in [0.15, 0.2) is 24.3 Å². The fourth-order valence-electron chi connectivity index (χ4n) is 2.02. The Morgan fingerprint density at radius 3 is 3.06 bits per heavy atom. The van der Waals surface area contributed by atoms with E-state index in [0.717, 1.165) is 28.6 Å². The standard InChI is InChI=1S/C13H16INO2/c1-15(9-12-6-3-7-17-12)13(16)10-4-2-5-11(14)8-10/h2,4-5,8,12H,3,6-7,9H2,1H3. The summed E-state index contributed by atoms with van der Waals surface area (Å²) in [5.74, 6) is 0.0685. The summed E-state index contributed by atoms with van der Waals surface area (Å²) < 4.78 is 6.62. The van der Waals surface area contributed by atoms with Crippen molar-refractivity contribution in [1.82, 2.24) is 4.90 Å². The number of likely N-dealkylation sites (N-methyl/N-ethyl adjacent to an activating group) is 1. The normalized spacial score (nSPS) is 19.3. The zero-order valence-electron chi connectivity index (χ0n) is 9.86. The molecular formula is C13H16INO2. The Bertz CT molecular complexity index is 402. The van der Waals surface area contributed by atoms with Crippen LogP contribution >= 0.6 is 22.6 Å². The molecule has 0 bridgehead atoms. The number of hydrogen-bond acceptors (Lipinski definition) is 2. The topological polar surface area (TPSA) is 29.5 Å². The molecule has 0 N–H and O–H groups in total. The number of halogens is 1. The Morgan fingerprint density at radius 1 is 1.59 bits per heavy atom. The van der Waals surface area contributed by atoms with Crippen molar-refractivity contribution in [2.45, 2.75) is 18.9 Å². The number of benzene rings is 1. The molecule has 1 unspecified atom stereocenters. The van der Waals surface area contributed by atoms with Gasteiger partial charge in [0.1, 0.15) is 0 Å². The molecule has 3 nitrogen and oxygen atoms in total. The van der Waals surface area contributed by atoms with Crippen molar-refractivity contribution in [3.05, 3.63) is 33.4 Å². The van der Waals surface area contributed by atoms with E-state index in [-0.39, 0.29) is 12.0 Å². The van der Waals surface area contributed by atoms with Crippen LogP contribution < -0.4 is 0 Å². The van der Waals surface area contributed by atoms with Gasteiger partial charge >= 0.3 is 0 Å². The summed E-state index contributed by atoms with van der Waals surface area (Å²) in [6, 6.07) is 7.66. The molecule has 0 saturated carbocycles.